The number of nitro benzene ring substituents is 1. The van der Waals surface area contributed by atoms with Crippen molar-refractivity contribution in [1.29, 1.82) is 0 Å². The van der Waals surface area contributed by atoms with Crippen molar-refractivity contribution in [3.8, 4) is 11.5 Å². The van der Waals surface area contributed by atoms with Crippen LogP contribution in [0.4, 0.5) is 11.4 Å². The average Bonchev–Trinajstić information content (AvgIpc) is 2.97. The fourth-order valence-electron chi connectivity index (χ4n) is 3.57. The first kappa shape index (κ1) is 29.7. The first-order chi connectivity index (χ1) is 20.1. The fourth-order valence-corrected chi connectivity index (χ4v) is 4.06. The van der Waals surface area contributed by atoms with Gasteiger partial charge in [0, 0.05) is 28.4 Å². The standard InChI is InChI=1S/C29H20Cl2N4O7/c1-41-26-13-17(5-12-25(26)42-29(38)18-6-9-22(10-7-18)35(39)40)16-32-34-27(36)19-3-2-4-21(14-19)33-28(37)23-11-8-20(30)15-24(23)31/h2-16H,1H3,(H,33,37)(H,34,36). The Morgan fingerprint density at radius 3 is 2.33 bits per heavy atom. The fraction of sp³-hybridized carbons (Fsp3) is 0.0345. The largest absolute Gasteiger partial charge is 0.493 e. The van der Waals surface area contributed by atoms with Crippen LogP contribution in [-0.4, -0.2) is 36.0 Å². The van der Waals surface area contributed by atoms with E-state index >= 15 is 0 Å². The SMILES string of the molecule is COc1cc(C=NNC(=O)c2cccc(NC(=O)c3ccc(Cl)cc3Cl)c2)ccc1OC(=O)c1ccc([N+](=O)[O-])cc1. The van der Waals surface area contributed by atoms with E-state index in [4.69, 9.17) is 32.7 Å². The van der Waals surface area contributed by atoms with Gasteiger partial charge in [-0.05, 0) is 72.3 Å². The van der Waals surface area contributed by atoms with Gasteiger partial charge < -0.3 is 14.8 Å². The predicted octanol–water partition coefficient (Wildman–Crippen LogP) is 6.15. The summed E-state index contributed by atoms with van der Waals surface area (Å²) < 4.78 is 10.7. The highest BCUT2D eigenvalue weighted by molar-refractivity contribution is 6.37. The maximum atomic E-state index is 12.6. The third-order valence-corrected chi connectivity index (χ3v) is 6.19. The van der Waals surface area contributed by atoms with Crippen LogP contribution in [0, 0.1) is 10.1 Å². The molecular formula is C29H20Cl2N4O7. The number of amides is 2. The van der Waals surface area contributed by atoms with Gasteiger partial charge in [-0.3, -0.25) is 19.7 Å². The molecule has 0 aliphatic heterocycles. The van der Waals surface area contributed by atoms with Gasteiger partial charge in [-0.15, -0.1) is 0 Å². The Morgan fingerprint density at radius 1 is 0.881 bits per heavy atom. The Balaban J connectivity index is 1.38. The Kier molecular flexibility index (Phi) is 9.48. The van der Waals surface area contributed by atoms with E-state index in [1.54, 1.807) is 30.3 Å². The molecule has 0 aromatic heterocycles. The quantitative estimate of drug-likeness (QED) is 0.0763. The van der Waals surface area contributed by atoms with Crippen LogP contribution in [0.25, 0.3) is 0 Å². The number of rotatable bonds is 9. The summed E-state index contributed by atoms with van der Waals surface area (Å²) in [5, 5.41) is 18.0. The second-order valence-corrected chi connectivity index (χ2v) is 9.31. The molecule has 0 saturated heterocycles. The number of nitro groups is 1. The minimum absolute atomic E-state index is 0.112. The molecule has 0 atom stereocenters. The molecule has 2 amide bonds. The third kappa shape index (κ3) is 7.47. The van der Waals surface area contributed by atoms with E-state index in [1.807, 2.05) is 0 Å². The van der Waals surface area contributed by atoms with Crippen LogP contribution in [0.15, 0.2) is 90.0 Å². The number of carbonyl (C=O) groups is 3. The highest BCUT2D eigenvalue weighted by Gasteiger charge is 2.15. The summed E-state index contributed by atoms with van der Waals surface area (Å²) in [6.07, 6.45) is 1.36. The van der Waals surface area contributed by atoms with Crippen LogP contribution in [0.3, 0.4) is 0 Å². The number of halogens is 2. The molecule has 0 aliphatic carbocycles. The van der Waals surface area contributed by atoms with Gasteiger partial charge in [0.1, 0.15) is 0 Å². The zero-order valence-electron chi connectivity index (χ0n) is 21.7. The molecule has 0 saturated carbocycles. The van der Waals surface area contributed by atoms with Gasteiger partial charge in [0.05, 0.1) is 34.4 Å². The van der Waals surface area contributed by atoms with Crippen molar-refractivity contribution >= 4 is 58.6 Å². The lowest BCUT2D eigenvalue weighted by atomic mass is 10.1. The van der Waals surface area contributed by atoms with E-state index in [-0.39, 0.29) is 38.9 Å². The molecule has 2 N–H and O–H groups in total. The summed E-state index contributed by atoms with van der Waals surface area (Å²) in [6, 6.07) is 20.3. The third-order valence-electron chi connectivity index (χ3n) is 5.64. The number of methoxy groups -OCH3 is 1. The van der Waals surface area contributed by atoms with Crippen molar-refractivity contribution in [2.24, 2.45) is 5.10 Å². The van der Waals surface area contributed by atoms with Crippen LogP contribution in [0.5, 0.6) is 11.5 Å². The Hall–Kier alpha value is -5.26. The summed E-state index contributed by atoms with van der Waals surface area (Å²) >= 11 is 12.0. The number of non-ortho nitro benzene ring substituents is 1. The molecule has 0 aliphatic rings. The smallest absolute Gasteiger partial charge is 0.343 e. The number of benzene rings is 4. The molecule has 4 aromatic carbocycles. The molecule has 0 radical (unpaired) electrons. The molecule has 42 heavy (non-hydrogen) atoms. The summed E-state index contributed by atoms with van der Waals surface area (Å²) in [5.41, 5.74) is 3.71. The van der Waals surface area contributed by atoms with Gasteiger partial charge in [0.25, 0.3) is 17.5 Å². The zero-order valence-corrected chi connectivity index (χ0v) is 23.2. The monoisotopic (exact) mass is 606 g/mol. The number of nitrogens with one attached hydrogen (secondary N) is 2. The van der Waals surface area contributed by atoms with Crippen LogP contribution in [-0.2, 0) is 0 Å². The maximum Gasteiger partial charge on any atom is 0.343 e. The zero-order chi connectivity index (χ0) is 30.2. The van der Waals surface area contributed by atoms with E-state index in [0.717, 1.165) is 0 Å². The van der Waals surface area contributed by atoms with Gasteiger partial charge in [0.15, 0.2) is 11.5 Å². The van der Waals surface area contributed by atoms with Crippen LogP contribution in [0.2, 0.25) is 10.0 Å². The summed E-state index contributed by atoms with van der Waals surface area (Å²) in [5.74, 6) is -1.41. The maximum absolute atomic E-state index is 12.6. The van der Waals surface area contributed by atoms with Gasteiger partial charge in [-0.2, -0.15) is 5.10 Å². The average molecular weight is 607 g/mol. The molecule has 4 rings (SSSR count). The van der Waals surface area contributed by atoms with Gasteiger partial charge >= 0.3 is 5.97 Å². The number of carbonyl (C=O) groups excluding carboxylic acids is 3. The molecule has 11 nitrogen and oxygen atoms in total. The van der Waals surface area contributed by atoms with Crippen molar-refractivity contribution in [3.63, 3.8) is 0 Å². The molecule has 0 heterocycles. The number of hydrogen-bond acceptors (Lipinski definition) is 8. The van der Waals surface area contributed by atoms with Crippen LogP contribution < -0.4 is 20.2 Å². The molecular weight excluding hydrogens is 587 g/mol. The number of esters is 1. The second kappa shape index (κ2) is 13.4. The highest BCUT2D eigenvalue weighted by atomic mass is 35.5. The van der Waals surface area contributed by atoms with Crippen molar-refractivity contribution in [2.45, 2.75) is 0 Å². The number of anilines is 1. The lowest BCUT2D eigenvalue weighted by molar-refractivity contribution is -0.384. The van der Waals surface area contributed by atoms with Gasteiger partial charge in [-0.25, -0.2) is 10.2 Å². The molecule has 0 bridgehead atoms. The lowest BCUT2D eigenvalue weighted by Gasteiger charge is -2.10. The molecule has 0 spiro atoms. The molecule has 0 fully saturated rings. The molecule has 4 aromatic rings. The van der Waals surface area contributed by atoms with E-state index < -0.39 is 22.7 Å². The Labute approximate surface area is 248 Å². The van der Waals surface area contributed by atoms with Gasteiger partial charge in [-0.1, -0.05) is 29.3 Å². The normalized spacial score (nSPS) is 10.6. The first-order valence-electron chi connectivity index (χ1n) is 12.0. The summed E-state index contributed by atoms with van der Waals surface area (Å²) in [6.45, 7) is 0. The van der Waals surface area contributed by atoms with Gasteiger partial charge in [0.2, 0.25) is 0 Å². The van der Waals surface area contributed by atoms with E-state index in [9.17, 15) is 24.5 Å². The van der Waals surface area contributed by atoms with Crippen molar-refractivity contribution < 1.29 is 28.8 Å². The molecule has 212 valence electrons. The van der Waals surface area contributed by atoms with E-state index in [1.165, 1.54) is 67.9 Å². The molecule has 13 heteroatoms. The number of hydrogen-bond donors (Lipinski definition) is 2. The predicted molar refractivity (Wildman–Crippen MR) is 157 cm³/mol. The summed E-state index contributed by atoms with van der Waals surface area (Å²) in [7, 11) is 1.38. The van der Waals surface area contributed by atoms with Crippen molar-refractivity contribution in [2.75, 3.05) is 12.4 Å². The van der Waals surface area contributed by atoms with Crippen molar-refractivity contribution in [1.82, 2.24) is 5.43 Å². The van der Waals surface area contributed by atoms with E-state index in [2.05, 4.69) is 15.8 Å². The van der Waals surface area contributed by atoms with Crippen LogP contribution in [0.1, 0.15) is 36.6 Å². The number of ether oxygens (including phenoxy) is 2. The second-order valence-electron chi connectivity index (χ2n) is 8.46. The minimum atomic E-state index is -0.730. The number of nitrogens with zero attached hydrogens (tertiary/aromatic N) is 2. The lowest BCUT2D eigenvalue weighted by Crippen LogP contribution is -2.18. The Morgan fingerprint density at radius 2 is 1.64 bits per heavy atom. The van der Waals surface area contributed by atoms with Crippen LogP contribution >= 0.6 is 23.2 Å². The molecule has 0 unspecified atom stereocenters. The minimum Gasteiger partial charge on any atom is -0.493 e. The summed E-state index contributed by atoms with van der Waals surface area (Å²) in [4.78, 5) is 47.9. The first-order valence-corrected chi connectivity index (χ1v) is 12.7. The van der Waals surface area contributed by atoms with E-state index in [0.29, 0.717) is 16.3 Å². The Bertz CT molecular complexity index is 1710. The number of hydrazone groups is 1. The van der Waals surface area contributed by atoms with Crippen molar-refractivity contribution in [3.05, 3.63) is 127 Å². The topological polar surface area (TPSA) is 149 Å². The highest BCUT2D eigenvalue weighted by Crippen LogP contribution is 2.29.